The highest BCUT2D eigenvalue weighted by atomic mass is 19.4. The van der Waals surface area contributed by atoms with Gasteiger partial charge in [-0.15, -0.1) is 0 Å². The molecular formula is C16H21F3N2O3. The maximum Gasteiger partial charge on any atom is 0.422 e. The average molecular weight is 346 g/mol. The van der Waals surface area contributed by atoms with Crippen LogP contribution in [0.4, 0.5) is 13.2 Å². The minimum Gasteiger partial charge on any atom is -0.493 e. The van der Waals surface area contributed by atoms with E-state index in [2.05, 4.69) is 10.6 Å². The van der Waals surface area contributed by atoms with Crippen LogP contribution in [0, 0.1) is 0 Å². The molecule has 1 fully saturated rings. The Labute approximate surface area is 138 Å². The molecule has 1 unspecified atom stereocenters. The quantitative estimate of drug-likeness (QED) is 0.796. The standard InChI is InChI=1S/C16H21F3N2O3/c1-23-14-7-11(4-5-13(14)24-10-16(17,18)19)9-21-15(22)8-12-3-2-6-20-12/h4-5,7,12,20H,2-3,6,8-10H2,1H3,(H,21,22). The Morgan fingerprint density at radius 3 is 2.79 bits per heavy atom. The minimum atomic E-state index is -4.41. The van der Waals surface area contributed by atoms with Crippen LogP contribution < -0.4 is 20.1 Å². The van der Waals surface area contributed by atoms with Gasteiger partial charge in [0, 0.05) is 19.0 Å². The molecule has 0 aromatic heterocycles. The van der Waals surface area contributed by atoms with Gasteiger partial charge in [-0.25, -0.2) is 0 Å². The van der Waals surface area contributed by atoms with Crippen LogP contribution >= 0.6 is 0 Å². The number of benzene rings is 1. The first-order valence-corrected chi connectivity index (χ1v) is 7.74. The topological polar surface area (TPSA) is 59.6 Å². The van der Waals surface area contributed by atoms with Crippen molar-refractivity contribution in [3.8, 4) is 11.5 Å². The number of ether oxygens (including phenoxy) is 2. The minimum absolute atomic E-state index is 0.0139. The van der Waals surface area contributed by atoms with E-state index in [9.17, 15) is 18.0 Å². The molecular weight excluding hydrogens is 325 g/mol. The van der Waals surface area contributed by atoms with Crippen LogP contribution in [0.15, 0.2) is 18.2 Å². The number of halogens is 3. The van der Waals surface area contributed by atoms with Gasteiger partial charge in [-0.3, -0.25) is 4.79 Å². The van der Waals surface area contributed by atoms with Crippen molar-refractivity contribution in [1.29, 1.82) is 0 Å². The van der Waals surface area contributed by atoms with Gasteiger partial charge in [0.1, 0.15) is 0 Å². The lowest BCUT2D eigenvalue weighted by atomic mass is 10.1. The number of carbonyl (C=O) groups excluding carboxylic acids is 1. The second kappa shape index (κ2) is 8.23. The number of carbonyl (C=O) groups is 1. The SMILES string of the molecule is COc1cc(CNC(=O)CC2CCCN2)ccc1OCC(F)(F)F. The Morgan fingerprint density at radius 1 is 1.38 bits per heavy atom. The summed E-state index contributed by atoms with van der Waals surface area (Å²) in [6.07, 6.45) is -1.92. The molecule has 1 aromatic carbocycles. The highest BCUT2D eigenvalue weighted by Crippen LogP contribution is 2.29. The Balaban J connectivity index is 1.87. The van der Waals surface area contributed by atoms with Crippen molar-refractivity contribution in [2.45, 2.75) is 38.0 Å². The molecule has 0 saturated carbocycles. The lowest BCUT2D eigenvalue weighted by Gasteiger charge is -2.14. The van der Waals surface area contributed by atoms with Gasteiger partial charge in [0.2, 0.25) is 5.91 Å². The summed E-state index contributed by atoms with van der Waals surface area (Å²) in [7, 11) is 1.35. The van der Waals surface area contributed by atoms with E-state index in [1.165, 1.54) is 13.2 Å². The molecule has 0 radical (unpaired) electrons. The van der Waals surface area contributed by atoms with E-state index in [1.807, 2.05) is 0 Å². The van der Waals surface area contributed by atoms with Crippen molar-refractivity contribution in [2.24, 2.45) is 0 Å². The monoisotopic (exact) mass is 346 g/mol. The zero-order valence-corrected chi connectivity index (χ0v) is 13.4. The summed E-state index contributed by atoms with van der Waals surface area (Å²) in [6.45, 7) is -0.163. The van der Waals surface area contributed by atoms with Crippen LogP contribution in [0.1, 0.15) is 24.8 Å². The van der Waals surface area contributed by atoms with Gasteiger partial charge >= 0.3 is 6.18 Å². The number of amides is 1. The maximum atomic E-state index is 12.2. The molecule has 1 aromatic rings. The number of methoxy groups -OCH3 is 1. The van der Waals surface area contributed by atoms with Gasteiger partial charge in [0.25, 0.3) is 0 Å². The molecule has 8 heteroatoms. The maximum absolute atomic E-state index is 12.2. The van der Waals surface area contributed by atoms with Gasteiger partial charge < -0.3 is 20.1 Å². The lowest BCUT2D eigenvalue weighted by Crippen LogP contribution is -2.31. The van der Waals surface area contributed by atoms with E-state index < -0.39 is 12.8 Å². The summed E-state index contributed by atoms with van der Waals surface area (Å²) in [5.41, 5.74) is 0.721. The molecule has 5 nitrogen and oxygen atoms in total. The summed E-state index contributed by atoms with van der Waals surface area (Å²) in [4.78, 5) is 11.9. The molecule has 1 amide bonds. The number of hydrogen-bond donors (Lipinski definition) is 2. The van der Waals surface area contributed by atoms with Crippen LogP contribution in [-0.2, 0) is 11.3 Å². The summed E-state index contributed by atoms with van der Waals surface area (Å²) < 4.78 is 46.4. The van der Waals surface area contributed by atoms with Gasteiger partial charge in [-0.1, -0.05) is 6.07 Å². The molecule has 0 aliphatic carbocycles. The summed E-state index contributed by atoms with van der Waals surface area (Å²) in [6, 6.07) is 4.78. The first kappa shape index (κ1) is 18.4. The van der Waals surface area contributed by atoms with Crippen LogP contribution in [0.2, 0.25) is 0 Å². The van der Waals surface area contributed by atoms with Crippen molar-refractivity contribution in [1.82, 2.24) is 10.6 Å². The molecule has 1 heterocycles. The Morgan fingerprint density at radius 2 is 2.17 bits per heavy atom. The van der Waals surface area contributed by atoms with Gasteiger partial charge in [-0.05, 0) is 37.1 Å². The summed E-state index contributed by atoms with van der Waals surface area (Å²) >= 11 is 0. The highest BCUT2D eigenvalue weighted by molar-refractivity contribution is 5.76. The van der Waals surface area contributed by atoms with E-state index in [1.54, 1.807) is 12.1 Å². The first-order chi connectivity index (χ1) is 11.4. The fourth-order valence-electron chi connectivity index (χ4n) is 2.53. The molecule has 0 spiro atoms. The molecule has 1 atom stereocenters. The van der Waals surface area contributed by atoms with Gasteiger partial charge in [-0.2, -0.15) is 13.2 Å². The highest BCUT2D eigenvalue weighted by Gasteiger charge is 2.29. The number of nitrogens with one attached hydrogen (secondary N) is 2. The van der Waals surface area contributed by atoms with E-state index in [0.717, 1.165) is 24.9 Å². The average Bonchev–Trinajstić information content (AvgIpc) is 3.03. The Hall–Kier alpha value is -1.96. The third kappa shape index (κ3) is 5.92. The van der Waals surface area contributed by atoms with Crippen LogP contribution in [-0.4, -0.2) is 38.4 Å². The van der Waals surface area contributed by atoms with Crippen molar-refractivity contribution in [3.05, 3.63) is 23.8 Å². The molecule has 134 valence electrons. The third-order valence-electron chi connectivity index (χ3n) is 3.70. The van der Waals surface area contributed by atoms with Crippen molar-refractivity contribution >= 4 is 5.91 Å². The molecule has 1 aliphatic heterocycles. The van der Waals surface area contributed by atoms with E-state index in [0.29, 0.717) is 6.42 Å². The number of alkyl halides is 3. The van der Waals surface area contributed by atoms with Crippen LogP contribution in [0.5, 0.6) is 11.5 Å². The second-order valence-corrected chi connectivity index (χ2v) is 5.66. The zero-order valence-electron chi connectivity index (χ0n) is 13.4. The summed E-state index contributed by atoms with van der Waals surface area (Å²) in [5, 5.41) is 6.05. The molecule has 2 rings (SSSR count). The van der Waals surface area contributed by atoms with E-state index >= 15 is 0 Å². The molecule has 0 bridgehead atoms. The molecule has 2 N–H and O–H groups in total. The van der Waals surface area contributed by atoms with Crippen LogP contribution in [0.3, 0.4) is 0 Å². The van der Waals surface area contributed by atoms with E-state index in [4.69, 9.17) is 9.47 Å². The molecule has 24 heavy (non-hydrogen) atoms. The Kier molecular flexibility index (Phi) is 6.30. The Bertz CT molecular complexity index is 558. The first-order valence-electron chi connectivity index (χ1n) is 7.74. The van der Waals surface area contributed by atoms with Crippen molar-refractivity contribution in [2.75, 3.05) is 20.3 Å². The smallest absolute Gasteiger partial charge is 0.422 e. The normalized spacial score (nSPS) is 17.6. The van der Waals surface area contributed by atoms with Crippen molar-refractivity contribution < 1.29 is 27.4 Å². The fraction of sp³-hybridized carbons (Fsp3) is 0.562. The number of hydrogen-bond acceptors (Lipinski definition) is 4. The molecule has 1 aliphatic rings. The van der Waals surface area contributed by atoms with E-state index in [-0.39, 0.29) is 30.0 Å². The second-order valence-electron chi connectivity index (χ2n) is 5.66. The number of rotatable bonds is 7. The molecule has 1 saturated heterocycles. The predicted molar refractivity (Wildman–Crippen MR) is 82.0 cm³/mol. The zero-order chi connectivity index (χ0) is 17.6. The van der Waals surface area contributed by atoms with Crippen molar-refractivity contribution in [3.63, 3.8) is 0 Å². The van der Waals surface area contributed by atoms with Gasteiger partial charge in [0.15, 0.2) is 18.1 Å². The largest absolute Gasteiger partial charge is 0.493 e. The summed E-state index contributed by atoms with van der Waals surface area (Å²) in [5.74, 6) is 0.147. The fourth-order valence-corrected chi connectivity index (χ4v) is 2.53. The lowest BCUT2D eigenvalue weighted by molar-refractivity contribution is -0.153. The predicted octanol–water partition coefficient (Wildman–Crippen LogP) is 2.39. The van der Waals surface area contributed by atoms with Gasteiger partial charge in [0.05, 0.1) is 7.11 Å². The van der Waals surface area contributed by atoms with Crippen LogP contribution in [0.25, 0.3) is 0 Å². The third-order valence-corrected chi connectivity index (χ3v) is 3.70.